The first-order valence-electron chi connectivity index (χ1n) is 9.25. The quantitative estimate of drug-likeness (QED) is 0.307. The van der Waals surface area contributed by atoms with Crippen molar-refractivity contribution in [2.75, 3.05) is 0 Å². The van der Waals surface area contributed by atoms with E-state index in [2.05, 4.69) is 27.4 Å². The van der Waals surface area contributed by atoms with Gasteiger partial charge in [-0.15, -0.1) is 10.2 Å². The minimum atomic E-state index is 0.535. The molecule has 4 rings (SSSR count). The van der Waals surface area contributed by atoms with Gasteiger partial charge in [0.2, 0.25) is 5.16 Å². The average molecular weight is 401 g/mol. The SMILES string of the molecule is C(=N\n1cnnc1SCc1ccccc1)/c1cccc(OCc2ccccc2)c1. The number of nitrogens with zero attached hydrogens (tertiary/aromatic N) is 4. The number of benzene rings is 3. The molecule has 1 heterocycles. The summed E-state index contributed by atoms with van der Waals surface area (Å²) in [6, 6.07) is 28.2. The molecule has 4 aromatic rings. The molecule has 0 spiro atoms. The van der Waals surface area contributed by atoms with Crippen LogP contribution >= 0.6 is 11.8 Å². The lowest BCUT2D eigenvalue weighted by molar-refractivity contribution is 0.306. The summed E-state index contributed by atoms with van der Waals surface area (Å²) in [6.07, 6.45) is 3.39. The molecule has 0 atom stereocenters. The second-order valence-electron chi connectivity index (χ2n) is 6.32. The highest BCUT2D eigenvalue weighted by atomic mass is 32.2. The Morgan fingerprint density at radius 1 is 0.897 bits per heavy atom. The van der Waals surface area contributed by atoms with Gasteiger partial charge in [-0.1, -0.05) is 84.6 Å². The highest BCUT2D eigenvalue weighted by Crippen LogP contribution is 2.20. The van der Waals surface area contributed by atoms with E-state index in [9.17, 15) is 0 Å². The molecule has 0 bridgehead atoms. The largest absolute Gasteiger partial charge is 0.489 e. The van der Waals surface area contributed by atoms with Crippen molar-refractivity contribution in [2.45, 2.75) is 17.5 Å². The smallest absolute Gasteiger partial charge is 0.212 e. The average Bonchev–Trinajstić information content (AvgIpc) is 3.24. The Bertz CT molecular complexity index is 1060. The fraction of sp³-hybridized carbons (Fsp3) is 0.0870. The summed E-state index contributed by atoms with van der Waals surface area (Å²) >= 11 is 1.60. The molecular formula is C23H20N4OS. The second-order valence-corrected chi connectivity index (χ2v) is 7.27. The molecule has 6 heteroatoms. The lowest BCUT2D eigenvalue weighted by atomic mass is 10.2. The predicted octanol–water partition coefficient (Wildman–Crippen LogP) is 5.03. The first-order valence-corrected chi connectivity index (χ1v) is 10.2. The first-order chi connectivity index (χ1) is 14.4. The summed E-state index contributed by atoms with van der Waals surface area (Å²) < 4.78 is 7.57. The minimum Gasteiger partial charge on any atom is -0.489 e. The minimum absolute atomic E-state index is 0.535. The number of hydrogen-bond donors (Lipinski definition) is 0. The first kappa shape index (κ1) is 19.0. The van der Waals surface area contributed by atoms with Crippen LogP contribution in [0.4, 0.5) is 0 Å². The van der Waals surface area contributed by atoms with Crippen molar-refractivity contribution < 1.29 is 4.74 Å². The summed E-state index contributed by atoms with van der Waals surface area (Å²) in [5.74, 6) is 1.62. The summed E-state index contributed by atoms with van der Waals surface area (Å²) in [4.78, 5) is 0. The molecule has 0 amide bonds. The fourth-order valence-electron chi connectivity index (χ4n) is 2.67. The molecule has 0 N–H and O–H groups in total. The maximum Gasteiger partial charge on any atom is 0.212 e. The third-order valence-electron chi connectivity index (χ3n) is 4.15. The molecule has 0 saturated heterocycles. The molecule has 5 nitrogen and oxygen atoms in total. The maximum atomic E-state index is 5.88. The van der Waals surface area contributed by atoms with Gasteiger partial charge in [-0.05, 0) is 28.8 Å². The molecule has 0 aliphatic carbocycles. The van der Waals surface area contributed by atoms with Gasteiger partial charge in [-0.2, -0.15) is 9.78 Å². The summed E-state index contributed by atoms with van der Waals surface area (Å²) in [6.45, 7) is 0.535. The highest BCUT2D eigenvalue weighted by molar-refractivity contribution is 7.98. The van der Waals surface area contributed by atoms with Crippen molar-refractivity contribution >= 4 is 18.0 Å². The van der Waals surface area contributed by atoms with Gasteiger partial charge in [0.05, 0.1) is 6.21 Å². The number of ether oxygens (including phenoxy) is 1. The van der Waals surface area contributed by atoms with Gasteiger partial charge in [0.25, 0.3) is 0 Å². The van der Waals surface area contributed by atoms with Crippen LogP contribution in [0.25, 0.3) is 0 Å². The van der Waals surface area contributed by atoms with Gasteiger partial charge in [-0.3, -0.25) is 0 Å². The van der Waals surface area contributed by atoms with E-state index in [-0.39, 0.29) is 0 Å². The molecular weight excluding hydrogens is 380 g/mol. The molecule has 0 fully saturated rings. The molecule has 29 heavy (non-hydrogen) atoms. The van der Waals surface area contributed by atoms with Gasteiger partial charge in [-0.25, -0.2) is 0 Å². The molecule has 3 aromatic carbocycles. The lowest BCUT2D eigenvalue weighted by Crippen LogP contribution is -1.96. The Morgan fingerprint density at radius 2 is 1.66 bits per heavy atom. The van der Waals surface area contributed by atoms with Crippen LogP contribution in [0.1, 0.15) is 16.7 Å². The number of thioether (sulfide) groups is 1. The van der Waals surface area contributed by atoms with E-state index < -0.39 is 0 Å². The topological polar surface area (TPSA) is 52.3 Å². The van der Waals surface area contributed by atoms with Crippen LogP contribution in [0, 0.1) is 0 Å². The fourth-order valence-corrected chi connectivity index (χ4v) is 3.49. The van der Waals surface area contributed by atoms with Crippen molar-refractivity contribution in [3.63, 3.8) is 0 Å². The number of aromatic nitrogens is 3. The van der Waals surface area contributed by atoms with Crippen molar-refractivity contribution in [3.8, 4) is 5.75 Å². The lowest BCUT2D eigenvalue weighted by Gasteiger charge is -2.06. The van der Waals surface area contributed by atoms with Crippen LogP contribution in [0.15, 0.2) is 102 Å². The van der Waals surface area contributed by atoms with E-state index in [0.717, 1.165) is 27.8 Å². The van der Waals surface area contributed by atoms with Gasteiger partial charge in [0, 0.05) is 5.75 Å². The van der Waals surface area contributed by atoms with Gasteiger partial charge in [0.15, 0.2) is 0 Å². The summed E-state index contributed by atoms with van der Waals surface area (Å²) in [5, 5.41) is 13.4. The third kappa shape index (κ3) is 5.56. The van der Waals surface area contributed by atoms with Crippen molar-refractivity contribution in [2.24, 2.45) is 5.10 Å². The summed E-state index contributed by atoms with van der Waals surface area (Å²) in [7, 11) is 0. The third-order valence-corrected chi connectivity index (χ3v) is 5.15. The van der Waals surface area contributed by atoms with Gasteiger partial charge < -0.3 is 4.74 Å². The maximum absolute atomic E-state index is 5.88. The standard InChI is InChI=1S/C23H20N4OS/c1-3-8-19(9-4-1)16-28-22-13-7-12-21(14-22)15-25-27-18-24-26-23(27)29-17-20-10-5-2-6-11-20/h1-15,18H,16-17H2/b25-15+. The van der Waals surface area contributed by atoms with Gasteiger partial charge >= 0.3 is 0 Å². The molecule has 1 aromatic heterocycles. The molecule has 0 saturated carbocycles. The van der Waals surface area contributed by atoms with E-state index in [0.29, 0.717) is 6.61 Å². The van der Waals surface area contributed by atoms with E-state index in [1.165, 1.54) is 5.56 Å². The van der Waals surface area contributed by atoms with E-state index in [1.54, 1.807) is 29.0 Å². The van der Waals surface area contributed by atoms with E-state index in [4.69, 9.17) is 4.74 Å². The van der Waals surface area contributed by atoms with Crippen LogP contribution in [0.5, 0.6) is 5.75 Å². The van der Waals surface area contributed by atoms with E-state index in [1.807, 2.05) is 72.8 Å². The van der Waals surface area contributed by atoms with Crippen LogP contribution in [0.2, 0.25) is 0 Å². The molecule has 0 unspecified atom stereocenters. The molecule has 0 radical (unpaired) electrons. The Labute approximate surface area is 174 Å². The zero-order valence-electron chi connectivity index (χ0n) is 15.8. The predicted molar refractivity (Wildman–Crippen MR) is 116 cm³/mol. The summed E-state index contributed by atoms with van der Waals surface area (Å²) in [5.41, 5.74) is 3.32. The normalized spacial score (nSPS) is 11.0. The van der Waals surface area contributed by atoms with Crippen molar-refractivity contribution in [3.05, 3.63) is 108 Å². The van der Waals surface area contributed by atoms with Crippen LogP contribution in [-0.2, 0) is 12.4 Å². The van der Waals surface area contributed by atoms with Crippen LogP contribution in [0.3, 0.4) is 0 Å². The van der Waals surface area contributed by atoms with E-state index >= 15 is 0 Å². The van der Waals surface area contributed by atoms with Crippen LogP contribution < -0.4 is 4.74 Å². The Balaban J connectivity index is 1.39. The Kier molecular flexibility index (Phi) is 6.34. The second kappa shape index (κ2) is 9.71. The van der Waals surface area contributed by atoms with Crippen LogP contribution in [-0.4, -0.2) is 21.1 Å². The zero-order chi connectivity index (χ0) is 19.7. The molecule has 0 aliphatic rings. The highest BCUT2D eigenvalue weighted by Gasteiger charge is 2.04. The molecule has 144 valence electrons. The van der Waals surface area contributed by atoms with Gasteiger partial charge in [0.1, 0.15) is 18.7 Å². The Morgan fingerprint density at radius 3 is 2.45 bits per heavy atom. The molecule has 0 aliphatic heterocycles. The monoisotopic (exact) mass is 400 g/mol. The van der Waals surface area contributed by atoms with Crippen molar-refractivity contribution in [1.29, 1.82) is 0 Å². The number of hydrogen-bond acceptors (Lipinski definition) is 5. The Hall–Kier alpha value is -3.38. The zero-order valence-corrected chi connectivity index (χ0v) is 16.6. The number of rotatable bonds is 8. The van der Waals surface area contributed by atoms with Crippen molar-refractivity contribution in [1.82, 2.24) is 14.9 Å².